The van der Waals surface area contributed by atoms with Crippen molar-refractivity contribution in [2.24, 2.45) is 5.92 Å². The molecule has 0 spiro atoms. The monoisotopic (exact) mass is 218 g/mol. The van der Waals surface area contributed by atoms with Gasteiger partial charge in [0.05, 0.1) is 18.5 Å². The van der Waals surface area contributed by atoms with Gasteiger partial charge >= 0.3 is 0 Å². The Morgan fingerprint density at radius 2 is 2.38 bits per heavy atom. The molecule has 1 aliphatic rings. The topological polar surface area (TPSA) is 62.1 Å². The second-order valence-corrected chi connectivity index (χ2v) is 4.44. The summed E-state index contributed by atoms with van der Waals surface area (Å²) in [5.41, 5.74) is 0.702. The first-order chi connectivity index (χ1) is 7.78. The number of aromatic nitrogens is 2. The van der Waals surface area contributed by atoms with E-state index in [0.29, 0.717) is 17.4 Å². The second-order valence-electron chi connectivity index (χ2n) is 4.44. The molecule has 0 aromatic carbocycles. The van der Waals surface area contributed by atoms with Gasteiger partial charge in [0.25, 0.3) is 0 Å². The molecule has 0 amide bonds. The Kier molecular flexibility index (Phi) is 2.11. The highest BCUT2D eigenvalue weighted by atomic mass is 16.3. The number of aliphatic hydroxyl groups excluding tert-OH is 1. The number of hydrogen-bond donors (Lipinski definition) is 2. The smallest absolute Gasteiger partial charge is 0.173 e. The molecule has 0 radical (unpaired) electrons. The molecule has 2 aromatic rings. The molecular formula is C12H14N2O2. The van der Waals surface area contributed by atoms with Gasteiger partial charge < -0.3 is 14.5 Å². The summed E-state index contributed by atoms with van der Waals surface area (Å²) >= 11 is 0. The molecule has 16 heavy (non-hydrogen) atoms. The van der Waals surface area contributed by atoms with Gasteiger partial charge in [0, 0.05) is 5.92 Å². The van der Waals surface area contributed by atoms with Gasteiger partial charge in [0.2, 0.25) is 0 Å². The van der Waals surface area contributed by atoms with Crippen molar-refractivity contribution in [3.05, 3.63) is 29.8 Å². The van der Waals surface area contributed by atoms with Crippen LogP contribution in [0.1, 0.15) is 30.7 Å². The van der Waals surface area contributed by atoms with Crippen LogP contribution >= 0.6 is 0 Å². The minimum atomic E-state index is -0.0276. The highest BCUT2D eigenvalue weighted by Crippen LogP contribution is 2.47. The van der Waals surface area contributed by atoms with E-state index < -0.39 is 0 Å². The van der Waals surface area contributed by atoms with Crippen molar-refractivity contribution in [1.29, 1.82) is 0 Å². The molecule has 0 aliphatic heterocycles. The van der Waals surface area contributed by atoms with Crippen LogP contribution in [-0.4, -0.2) is 15.1 Å². The zero-order valence-electron chi connectivity index (χ0n) is 9.10. The Hall–Kier alpha value is -1.55. The summed E-state index contributed by atoms with van der Waals surface area (Å²) in [5.74, 6) is 3.80. The zero-order chi connectivity index (χ0) is 11.1. The molecule has 1 saturated carbocycles. The predicted octanol–water partition coefficient (Wildman–Crippen LogP) is 2.29. The maximum atomic E-state index is 8.93. The Morgan fingerprint density at radius 1 is 1.56 bits per heavy atom. The van der Waals surface area contributed by atoms with Crippen molar-refractivity contribution in [1.82, 2.24) is 9.97 Å². The molecule has 2 aromatic heterocycles. The average Bonchev–Trinajstić information content (AvgIpc) is 2.80. The summed E-state index contributed by atoms with van der Waals surface area (Å²) < 4.78 is 5.75. The van der Waals surface area contributed by atoms with Gasteiger partial charge in [-0.15, -0.1) is 0 Å². The number of aliphatic hydroxyl groups is 1. The SMILES string of the molecule is CC1CC1c1ccc(-c2ncc(CO)[nH]2)o1. The van der Waals surface area contributed by atoms with Crippen LogP contribution in [0, 0.1) is 5.92 Å². The van der Waals surface area contributed by atoms with E-state index in [0.717, 1.165) is 17.4 Å². The molecule has 2 heterocycles. The van der Waals surface area contributed by atoms with Gasteiger partial charge in [-0.05, 0) is 24.5 Å². The molecule has 4 nitrogen and oxygen atoms in total. The van der Waals surface area contributed by atoms with Crippen LogP contribution in [0.15, 0.2) is 22.7 Å². The Morgan fingerprint density at radius 3 is 3.00 bits per heavy atom. The van der Waals surface area contributed by atoms with Crippen molar-refractivity contribution in [3.63, 3.8) is 0 Å². The number of hydrogen-bond acceptors (Lipinski definition) is 3. The Bertz CT molecular complexity index is 501. The van der Waals surface area contributed by atoms with E-state index in [2.05, 4.69) is 16.9 Å². The average molecular weight is 218 g/mol. The summed E-state index contributed by atoms with van der Waals surface area (Å²) in [4.78, 5) is 7.17. The lowest BCUT2D eigenvalue weighted by Gasteiger charge is -1.92. The first kappa shape index (κ1) is 9.66. The number of furan rings is 1. The highest BCUT2D eigenvalue weighted by Gasteiger charge is 2.36. The largest absolute Gasteiger partial charge is 0.458 e. The van der Waals surface area contributed by atoms with Crippen LogP contribution < -0.4 is 0 Å². The van der Waals surface area contributed by atoms with Crippen LogP contribution in [-0.2, 0) is 6.61 Å². The van der Waals surface area contributed by atoms with Gasteiger partial charge in [-0.25, -0.2) is 4.98 Å². The van der Waals surface area contributed by atoms with Crippen LogP contribution in [0.3, 0.4) is 0 Å². The number of H-pyrrole nitrogens is 1. The van der Waals surface area contributed by atoms with Crippen molar-refractivity contribution in [2.75, 3.05) is 0 Å². The summed E-state index contributed by atoms with van der Waals surface area (Å²) in [6.07, 6.45) is 2.84. The van der Waals surface area contributed by atoms with Gasteiger partial charge in [-0.2, -0.15) is 0 Å². The van der Waals surface area contributed by atoms with Crippen LogP contribution in [0.4, 0.5) is 0 Å². The van der Waals surface area contributed by atoms with E-state index in [1.54, 1.807) is 6.20 Å². The van der Waals surface area contributed by atoms with Crippen LogP contribution in [0.5, 0.6) is 0 Å². The standard InChI is InChI=1S/C12H14N2O2/c1-7-4-9(7)10-2-3-11(16-10)12-13-5-8(6-15)14-12/h2-3,5,7,9,15H,4,6H2,1H3,(H,13,14). The lowest BCUT2D eigenvalue weighted by atomic mass is 10.3. The Labute approximate surface area is 93.3 Å². The lowest BCUT2D eigenvalue weighted by Crippen LogP contribution is -1.81. The summed E-state index contributed by atoms with van der Waals surface area (Å²) in [6.45, 7) is 2.20. The maximum absolute atomic E-state index is 8.93. The van der Waals surface area contributed by atoms with E-state index >= 15 is 0 Å². The predicted molar refractivity (Wildman–Crippen MR) is 58.7 cm³/mol. The molecule has 1 fully saturated rings. The van der Waals surface area contributed by atoms with Crippen molar-refractivity contribution in [2.45, 2.75) is 25.9 Å². The minimum Gasteiger partial charge on any atom is -0.458 e. The molecular weight excluding hydrogens is 204 g/mol. The molecule has 4 heteroatoms. The van der Waals surface area contributed by atoms with E-state index in [-0.39, 0.29) is 6.61 Å². The molecule has 84 valence electrons. The fraction of sp³-hybridized carbons (Fsp3) is 0.417. The van der Waals surface area contributed by atoms with Gasteiger partial charge in [-0.1, -0.05) is 6.92 Å². The van der Waals surface area contributed by atoms with Crippen molar-refractivity contribution < 1.29 is 9.52 Å². The summed E-state index contributed by atoms with van der Waals surface area (Å²) in [5, 5.41) is 8.93. The fourth-order valence-corrected chi connectivity index (χ4v) is 1.96. The molecule has 2 N–H and O–H groups in total. The third-order valence-electron chi connectivity index (χ3n) is 3.13. The highest BCUT2D eigenvalue weighted by molar-refractivity contribution is 5.48. The Balaban J connectivity index is 1.86. The third kappa shape index (κ3) is 1.55. The van der Waals surface area contributed by atoms with Gasteiger partial charge in [-0.3, -0.25) is 0 Å². The zero-order valence-corrected chi connectivity index (χ0v) is 9.10. The van der Waals surface area contributed by atoms with Crippen molar-refractivity contribution in [3.8, 4) is 11.6 Å². The van der Waals surface area contributed by atoms with Gasteiger partial charge in [0.1, 0.15) is 5.76 Å². The number of imidazole rings is 1. The first-order valence-corrected chi connectivity index (χ1v) is 5.53. The number of aromatic amines is 1. The number of rotatable bonds is 3. The van der Waals surface area contributed by atoms with Crippen LogP contribution in [0.2, 0.25) is 0 Å². The lowest BCUT2D eigenvalue weighted by molar-refractivity contribution is 0.277. The molecule has 2 unspecified atom stereocenters. The number of nitrogens with zero attached hydrogens (tertiary/aromatic N) is 1. The summed E-state index contributed by atoms with van der Waals surface area (Å²) in [7, 11) is 0. The van der Waals surface area contributed by atoms with Gasteiger partial charge in [0.15, 0.2) is 11.6 Å². The molecule has 2 atom stereocenters. The molecule has 0 bridgehead atoms. The third-order valence-corrected chi connectivity index (χ3v) is 3.13. The van der Waals surface area contributed by atoms with E-state index in [1.165, 1.54) is 6.42 Å². The quantitative estimate of drug-likeness (QED) is 0.830. The van der Waals surface area contributed by atoms with E-state index in [9.17, 15) is 0 Å². The fourth-order valence-electron chi connectivity index (χ4n) is 1.96. The number of nitrogens with one attached hydrogen (secondary N) is 1. The second kappa shape index (κ2) is 3.49. The molecule has 3 rings (SSSR count). The minimum absolute atomic E-state index is 0.0276. The summed E-state index contributed by atoms with van der Waals surface area (Å²) in [6, 6.07) is 3.95. The van der Waals surface area contributed by atoms with E-state index in [4.69, 9.17) is 9.52 Å². The van der Waals surface area contributed by atoms with Crippen molar-refractivity contribution >= 4 is 0 Å². The normalized spacial score (nSPS) is 23.6. The van der Waals surface area contributed by atoms with E-state index in [1.807, 2.05) is 12.1 Å². The maximum Gasteiger partial charge on any atom is 0.173 e. The first-order valence-electron chi connectivity index (χ1n) is 5.53. The molecule has 1 aliphatic carbocycles. The molecule has 0 saturated heterocycles. The van der Waals surface area contributed by atoms with Crippen LogP contribution in [0.25, 0.3) is 11.6 Å².